The number of hydrogen-bond acceptors (Lipinski definition) is 3. The van der Waals surface area contributed by atoms with Crippen LogP contribution in [0.1, 0.15) is 35.7 Å². The van der Waals surface area contributed by atoms with Crippen LogP contribution in [0.5, 0.6) is 0 Å². The van der Waals surface area contributed by atoms with Crippen molar-refractivity contribution >= 4 is 11.9 Å². The maximum atomic E-state index is 11.8. The Bertz CT molecular complexity index is 491. The Morgan fingerprint density at radius 1 is 1.50 bits per heavy atom. The highest BCUT2D eigenvalue weighted by Gasteiger charge is 2.19. The molecule has 0 aliphatic heterocycles. The number of rotatable bonds is 5. The van der Waals surface area contributed by atoms with Crippen molar-refractivity contribution in [3.63, 3.8) is 0 Å². The standard InChI is InChI=1S/C13H14N2O3/c1-2-4-11(13(17)18)15-12(16)10-6-3-5-9(7-10)8-14/h3,5-7,11H,2,4H2,1H3,(H,15,16)(H,17,18)/t11-/m1/s1. The first kappa shape index (κ1) is 13.7. The molecule has 2 N–H and O–H groups in total. The predicted octanol–water partition coefficient (Wildman–Crippen LogP) is 1.54. The summed E-state index contributed by atoms with van der Waals surface area (Å²) in [5.74, 6) is -1.53. The summed E-state index contributed by atoms with van der Waals surface area (Å²) >= 11 is 0. The van der Waals surface area contributed by atoms with Crippen LogP contribution in [0.2, 0.25) is 0 Å². The first-order valence-electron chi connectivity index (χ1n) is 5.62. The summed E-state index contributed by atoms with van der Waals surface area (Å²) in [6, 6.07) is 7.17. The van der Waals surface area contributed by atoms with E-state index in [1.807, 2.05) is 13.0 Å². The molecular weight excluding hydrogens is 232 g/mol. The van der Waals surface area contributed by atoms with E-state index in [0.717, 1.165) is 0 Å². The molecule has 1 rings (SSSR count). The zero-order valence-corrected chi connectivity index (χ0v) is 10.0. The van der Waals surface area contributed by atoms with Crippen LogP contribution < -0.4 is 5.32 Å². The summed E-state index contributed by atoms with van der Waals surface area (Å²) in [6.07, 6.45) is 1.04. The second kappa shape index (κ2) is 6.40. The molecule has 18 heavy (non-hydrogen) atoms. The maximum Gasteiger partial charge on any atom is 0.326 e. The molecular formula is C13H14N2O3. The molecule has 0 aliphatic carbocycles. The van der Waals surface area contributed by atoms with Gasteiger partial charge in [-0.2, -0.15) is 5.26 Å². The van der Waals surface area contributed by atoms with Crippen molar-refractivity contribution in [1.29, 1.82) is 5.26 Å². The number of amides is 1. The van der Waals surface area contributed by atoms with Gasteiger partial charge in [-0.15, -0.1) is 0 Å². The van der Waals surface area contributed by atoms with E-state index in [2.05, 4.69) is 5.32 Å². The van der Waals surface area contributed by atoms with Crippen LogP contribution in [-0.4, -0.2) is 23.0 Å². The summed E-state index contributed by atoms with van der Waals surface area (Å²) in [5, 5.41) is 20.1. The normalized spacial score (nSPS) is 11.3. The number of nitriles is 1. The van der Waals surface area contributed by atoms with Crippen LogP contribution in [-0.2, 0) is 4.79 Å². The number of hydrogen-bond donors (Lipinski definition) is 2. The van der Waals surface area contributed by atoms with Gasteiger partial charge in [0.1, 0.15) is 6.04 Å². The third kappa shape index (κ3) is 3.59. The zero-order valence-electron chi connectivity index (χ0n) is 10.0. The predicted molar refractivity (Wildman–Crippen MR) is 65.0 cm³/mol. The van der Waals surface area contributed by atoms with Crippen LogP contribution in [0.4, 0.5) is 0 Å². The van der Waals surface area contributed by atoms with Gasteiger partial charge in [-0.25, -0.2) is 4.79 Å². The summed E-state index contributed by atoms with van der Waals surface area (Å²) in [6.45, 7) is 1.85. The summed E-state index contributed by atoms with van der Waals surface area (Å²) in [5.41, 5.74) is 0.654. The van der Waals surface area contributed by atoms with Crippen molar-refractivity contribution in [2.45, 2.75) is 25.8 Å². The van der Waals surface area contributed by atoms with Gasteiger partial charge >= 0.3 is 5.97 Å². The van der Waals surface area contributed by atoms with Gasteiger partial charge in [-0.05, 0) is 24.6 Å². The van der Waals surface area contributed by atoms with E-state index in [-0.39, 0.29) is 5.56 Å². The maximum absolute atomic E-state index is 11.8. The van der Waals surface area contributed by atoms with Crippen molar-refractivity contribution in [2.24, 2.45) is 0 Å². The Labute approximate surface area is 105 Å². The Morgan fingerprint density at radius 3 is 2.78 bits per heavy atom. The molecule has 1 amide bonds. The van der Waals surface area contributed by atoms with Crippen molar-refractivity contribution < 1.29 is 14.7 Å². The zero-order chi connectivity index (χ0) is 13.5. The van der Waals surface area contributed by atoms with Gasteiger partial charge < -0.3 is 10.4 Å². The van der Waals surface area contributed by atoms with Crippen LogP contribution in [0, 0.1) is 11.3 Å². The van der Waals surface area contributed by atoms with Crippen LogP contribution in [0.15, 0.2) is 24.3 Å². The fourth-order valence-electron chi connectivity index (χ4n) is 1.52. The Balaban J connectivity index is 2.80. The molecule has 0 spiro atoms. The average Bonchev–Trinajstić information content (AvgIpc) is 2.38. The monoisotopic (exact) mass is 246 g/mol. The minimum atomic E-state index is -1.05. The highest BCUT2D eigenvalue weighted by atomic mass is 16.4. The van der Waals surface area contributed by atoms with Crippen LogP contribution in [0.25, 0.3) is 0 Å². The van der Waals surface area contributed by atoms with Crippen molar-refractivity contribution in [3.05, 3.63) is 35.4 Å². The molecule has 1 atom stereocenters. The lowest BCUT2D eigenvalue weighted by molar-refractivity contribution is -0.139. The van der Waals surface area contributed by atoms with E-state index in [1.165, 1.54) is 6.07 Å². The van der Waals surface area contributed by atoms with Gasteiger partial charge in [-0.3, -0.25) is 4.79 Å². The third-order valence-corrected chi connectivity index (χ3v) is 2.43. The molecule has 0 unspecified atom stereocenters. The Kier molecular flexibility index (Phi) is 4.88. The van der Waals surface area contributed by atoms with Gasteiger partial charge in [0.15, 0.2) is 0 Å². The lowest BCUT2D eigenvalue weighted by Crippen LogP contribution is -2.40. The smallest absolute Gasteiger partial charge is 0.326 e. The van der Waals surface area contributed by atoms with E-state index in [9.17, 15) is 9.59 Å². The molecule has 0 bridgehead atoms. The highest BCUT2D eigenvalue weighted by molar-refractivity contribution is 5.96. The number of nitrogens with one attached hydrogen (secondary N) is 1. The summed E-state index contributed by atoms with van der Waals surface area (Å²) in [4.78, 5) is 22.7. The summed E-state index contributed by atoms with van der Waals surface area (Å²) < 4.78 is 0. The van der Waals surface area contributed by atoms with Crippen molar-refractivity contribution in [2.75, 3.05) is 0 Å². The van der Waals surface area contributed by atoms with Gasteiger partial charge in [-0.1, -0.05) is 19.4 Å². The van der Waals surface area contributed by atoms with E-state index >= 15 is 0 Å². The Hall–Kier alpha value is -2.35. The van der Waals surface area contributed by atoms with E-state index in [4.69, 9.17) is 10.4 Å². The van der Waals surface area contributed by atoms with Gasteiger partial charge in [0.25, 0.3) is 5.91 Å². The number of carbonyl (C=O) groups excluding carboxylic acids is 1. The molecule has 1 aromatic rings. The molecule has 0 aliphatic rings. The molecule has 0 fully saturated rings. The number of carboxylic acids is 1. The highest BCUT2D eigenvalue weighted by Crippen LogP contribution is 2.05. The number of benzene rings is 1. The molecule has 1 aromatic carbocycles. The fourth-order valence-corrected chi connectivity index (χ4v) is 1.52. The largest absolute Gasteiger partial charge is 0.480 e. The fraction of sp³-hybridized carbons (Fsp3) is 0.308. The topological polar surface area (TPSA) is 90.2 Å². The molecule has 0 radical (unpaired) electrons. The minimum Gasteiger partial charge on any atom is -0.480 e. The lowest BCUT2D eigenvalue weighted by Gasteiger charge is -2.13. The molecule has 0 saturated carbocycles. The van der Waals surface area contributed by atoms with Crippen molar-refractivity contribution in [3.8, 4) is 6.07 Å². The van der Waals surface area contributed by atoms with E-state index < -0.39 is 17.9 Å². The second-order valence-electron chi connectivity index (χ2n) is 3.85. The Morgan fingerprint density at radius 2 is 2.22 bits per heavy atom. The van der Waals surface area contributed by atoms with E-state index in [1.54, 1.807) is 18.2 Å². The van der Waals surface area contributed by atoms with Gasteiger partial charge in [0.05, 0.1) is 11.6 Å². The molecule has 5 heteroatoms. The van der Waals surface area contributed by atoms with Crippen LogP contribution in [0.3, 0.4) is 0 Å². The van der Waals surface area contributed by atoms with Crippen molar-refractivity contribution in [1.82, 2.24) is 5.32 Å². The van der Waals surface area contributed by atoms with Gasteiger partial charge in [0, 0.05) is 5.56 Å². The quantitative estimate of drug-likeness (QED) is 0.824. The summed E-state index contributed by atoms with van der Waals surface area (Å²) in [7, 11) is 0. The molecule has 0 aromatic heterocycles. The number of nitrogens with zero attached hydrogens (tertiary/aromatic N) is 1. The first-order valence-corrected chi connectivity index (χ1v) is 5.62. The third-order valence-electron chi connectivity index (χ3n) is 2.43. The molecule has 0 heterocycles. The number of carbonyl (C=O) groups is 2. The lowest BCUT2D eigenvalue weighted by atomic mass is 10.1. The SMILES string of the molecule is CCC[C@@H](NC(=O)c1cccc(C#N)c1)C(=O)O. The first-order chi connectivity index (χ1) is 8.58. The number of carboxylic acid groups (broad SMARTS) is 1. The second-order valence-corrected chi connectivity index (χ2v) is 3.85. The van der Waals surface area contributed by atoms with E-state index in [0.29, 0.717) is 18.4 Å². The van der Waals surface area contributed by atoms with Crippen LogP contribution >= 0.6 is 0 Å². The molecule has 5 nitrogen and oxygen atoms in total. The molecule has 94 valence electrons. The molecule has 0 saturated heterocycles. The average molecular weight is 246 g/mol. The number of aliphatic carboxylic acids is 1. The van der Waals surface area contributed by atoms with Gasteiger partial charge in [0.2, 0.25) is 0 Å². The minimum absolute atomic E-state index is 0.288.